The van der Waals surface area contributed by atoms with Crippen LogP contribution in [0.5, 0.6) is 0 Å². The highest BCUT2D eigenvalue weighted by atomic mass is 15.3. The van der Waals surface area contributed by atoms with Gasteiger partial charge in [-0.05, 0) is 55.1 Å². The van der Waals surface area contributed by atoms with E-state index in [1.807, 2.05) is 6.20 Å². The van der Waals surface area contributed by atoms with Gasteiger partial charge in [-0.2, -0.15) is 0 Å². The average Bonchev–Trinajstić information content (AvgIpc) is 3.17. The molecule has 0 aliphatic carbocycles. The summed E-state index contributed by atoms with van der Waals surface area (Å²) in [5, 5.41) is 1.31. The topological polar surface area (TPSA) is 19.4 Å². The molecule has 3 aromatic rings. The molecular weight excluding hydrogens is 342 g/mol. The summed E-state index contributed by atoms with van der Waals surface area (Å²) < 4.78 is 0. The zero-order valence-corrected chi connectivity index (χ0v) is 16.2. The number of aromatic nitrogens is 1. The summed E-state index contributed by atoms with van der Waals surface area (Å²) in [4.78, 5) is 10.2. The van der Waals surface area contributed by atoms with E-state index in [4.69, 9.17) is 0 Å². The smallest absolute Gasteiger partial charge is 0.0705 e. The molecule has 4 aliphatic rings. The lowest BCUT2D eigenvalue weighted by Gasteiger charge is -2.51. The highest BCUT2D eigenvalue weighted by molar-refractivity contribution is 5.81. The van der Waals surface area contributed by atoms with Crippen molar-refractivity contribution < 1.29 is 0 Å². The molecule has 3 nitrogen and oxygen atoms in total. The standard InChI is InChI=1S/C25H27N3/c1-2-6-18(7-3-1)22-17-28(24-19-11-14-27(15-12-19)25(22)24)16-20-8-4-10-23-21(20)9-5-13-26-23/h1-10,13,19,22,24-25H,11-12,14-17H2/t22-,24-,25-/m1/s1. The quantitative estimate of drug-likeness (QED) is 0.686. The van der Waals surface area contributed by atoms with Crippen LogP contribution < -0.4 is 0 Å². The summed E-state index contributed by atoms with van der Waals surface area (Å²) in [6, 6.07) is 23.5. The van der Waals surface area contributed by atoms with Crippen LogP contribution in [0.25, 0.3) is 10.9 Å². The van der Waals surface area contributed by atoms with Crippen molar-refractivity contribution in [2.24, 2.45) is 5.92 Å². The lowest BCUT2D eigenvalue weighted by Crippen LogP contribution is -2.59. The van der Waals surface area contributed by atoms with Crippen LogP contribution in [0.2, 0.25) is 0 Å². The Kier molecular flexibility index (Phi) is 3.98. The first-order valence-corrected chi connectivity index (χ1v) is 10.7. The molecule has 4 fully saturated rings. The molecule has 2 bridgehead atoms. The molecular formula is C25H27N3. The van der Waals surface area contributed by atoms with Crippen LogP contribution in [0, 0.1) is 5.92 Å². The fraction of sp³-hybridized carbons (Fsp3) is 0.400. The molecule has 0 radical (unpaired) electrons. The number of piperidine rings is 3. The van der Waals surface area contributed by atoms with Crippen LogP contribution in [-0.2, 0) is 6.54 Å². The first-order chi connectivity index (χ1) is 13.9. The Balaban J connectivity index is 1.38. The predicted molar refractivity (Wildman–Crippen MR) is 113 cm³/mol. The van der Waals surface area contributed by atoms with E-state index >= 15 is 0 Å². The van der Waals surface area contributed by atoms with E-state index in [0.717, 1.165) is 18.0 Å². The lowest BCUT2D eigenvalue weighted by atomic mass is 9.75. The van der Waals surface area contributed by atoms with Crippen LogP contribution in [-0.4, -0.2) is 46.5 Å². The highest BCUT2D eigenvalue weighted by Crippen LogP contribution is 2.47. The van der Waals surface area contributed by atoms with Crippen molar-refractivity contribution in [3.63, 3.8) is 0 Å². The fourth-order valence-electron chi connectivity index (χ4n) is 6.24. The number of hydrogen-bond donors (Lipinski definition) is 0. The van der Waals surface area contributed by atoms with Crippen molar-refractivity contribution in [2.45, 2.75) is 37.4 Å². The number of benzene rings is 2. The maximum atomic E-state index is 4.57. The monoisotopic (exact) mass is 369 g/mol. The normalized spacial score (nSPS) is 31.9. The molecule has 1 aromatic heterocycles. The lowest BCUT2D eigenvalue weighted by molar-refractivity contribution is -0.00859. The van der Waals surface area contributed by atoms with Crippen LogP contribution in [0.15, 0.2) is 66.9 Å². The van der Waals surface area contributed by atoms with Gasteiger partial charge in [0.05, 0.1) is 5.52 Å². The summed E-state index contributed by atoms with van der Waals surface area (Å²) in [6.07, 6.45) is 4.64. The summed E-state index contributed by atoms with van der Waals surface area (Å²) in [7, 11) is 0. The van der Waals surface area contributed by atoms with Gasteiger partial charge in [-0.15, -0.1) is 0 Å². The second-order valence-electron chi connectivity index (χ2n) is 8.79. The van der Waals surface area contributed by atoms with Crippen molar-refractivity contribution in [1.82, 2.24) is 14.8 Å². The Bertz CT molecular complexity index is 972. The van der Waals surface area contributed by atoms with Gasteiger partial charge in [0, 0.05) is 42.7 Å². The van der Waals surface area contributed by atoms with Crippen LogP contribution >= 0.6 is 0 Å². The van der Waals surface area contributed by atoms with Gasteiger partial charge >= 0.3 is 0 Å². The van der Waals surface area contributed by atoms with Crippen LogP contribution in [0.3, 0.4) is 0 Å². The number of pyridine rings is 1. The SMILES string of the molecule is c1ccc([C@H]2CN(Cc3cccc4ncccc34)[C@@H]3C4CCN(CC4)[C@H]23)cc1. The third-order valence-corrected chi connectivity index (χ3v) is 7.43. The van der Waals surface area contributed by atoms with E-state index in [9.17, 15) is 0 Å². The molecule has 0 amide bonds. The number of fused-ring (bicyclic) bond motifs is 3. The van der Waals surface area contributed by atoms with E-state index in [1.165, 1.54) is 49.0 Å². The van der Waals surface area contributed by atoms with E-state index in [0.29, 0.717) is 18.0 Å². The second-order valence-corrected chi connectivity index (χ2v) is 8.79. The molecule has 0 N–H and O–H groups in total. The third-order valence-electron chi connectivity index (χ3n) is 7.43. The van der Waals surface area contributed by atoms with Gasteiger partial charge < -0.3 is 0 Å². The van der Waals surface area contributed by atoms with Gasteiger partial charge in [0.15, 0.2) is 0 Å². The van der Waals surface area contributed by atoms with Crippen molar-refractivity contribution in [1.29, 1.82) is 0 Å². The zero-order chi connectivity index (χ0) is 18.5. The second kappa shape index (κ2) is 6.68. The predicted octanol–water partition coefficient (Wildman–Crippen LogP) is 4.30. The Labute approximate surface area is 167 Å². The van der Waals surface area contributed by atoms with Gasteiger partial charge in [0.2, 0.25) is 0 Å². The minimum absolute atomic E-state index is 0.627. The zero-order valence-electron chi connectivity index (χ0n) is 16.2. The summed E-state index contributed by atoms with van der Waals surface area (Å²) in [5.41, 5.74) is 4.06. The number of hydrogen-bond acceptors (Lipinski definition) is 3. The molecule has 0 unspecified atom stereocenters. The minimum atomic E-state index is 0.627. The Morgan fingerprint density at radius 1 is 0.857 bits per heavy atom. The largest absolute Gasteiger partial charge is 0.298 e. The average molecular weight is 370 g/mol. The van der Waals surface area contributed by atoms with E-state index < -0.39 is 0 Å². The maximum absolute atomic E-state index is 4.57. The van der Waals surface area contributed by atoms with Crippen molar-refractivity contribution in [2.75, 3.05) is 19.6 Å². The summed E-state index contributed by atoms with van der Waals surface area (Å²) in [5.74, 6) is 1.49. The van der Waals surface area contributed by atoms with Crippen molar-refractivity contribution in [3.8, 4) is 0 Å². The van der Waals surface area contributed by atoms with E-state index in [-0.39, 0.29) is 0 Å². The molecule has 2 aromatic carbocycles. The van der Waals surface area contributed by atoms with E-state index in [1.54, 1.807) is 0 Å². The van der Waals surface area contributed by atoms with Crippen molar-refractivity contribution in [3.05, 3.63) is 78.0 Å². The fourth-order valence-corrected chi connectivity index (χ4v) is 6.24. The van der Waals surface area contributed by atoms with Gasteiger partial charge in [0.1, 0.15) is 0 Å². The molecule has 0 spiro atoms. The first kappa shape index (κ1) is 16.7. The van der Waals surface area contributed by atoms with Crippen LogP contribution in [0.4, 0.5) is 0 Å². The summed E-state index contributed by atoms with van der Waals surface area (Å²) >= 11 is 0. The van der Waals surface area contributed by atoms with Gasteiger partial charge in [-0.25, -0.2) is 0 Å². The van der Waals surface area contributed by atoms with Gasteiger partial charge in [0.25, 0.3) is 0 Å². The van der Waals surface area contributed by atoms with Crippen LogP contribution in [0.1, 0.15) is 29.9 Å². The highest BCUT2D eigenvalue weighted by Gasteiger charge is 2.53. The molecule has 142 valence electrons. The molecule has 7 rings (SSSR count). The first-order valence-electron chi connectivity index (χ1n) is 10.7. The number of likely N-dealkylation sites (tertiary alicyclic amines) is 1. The third kappa shape index (κ3) is 2.61. The molecule has 5 heterocycles. The molecule has 4 saturated heterocycles. The molecule has 3 atom stereocenters. The Hall–Kier alpha value is -2.23. The molecule has 28 heavy (non-hydrogen) atoms. The Morgan fingerprint density at radius 2 is 1.71 bits per heavy atom. The molecule has 3 heteroatoms. The number of rotatable bonds is 3. The minimum Gasteiger partial charge on any atom is -0.298 e. The molecule has 0 saturated carbocycles. The van der Waals surface area contributed by atoms with Gasteiger partial charge in [-0.1, -0.05) is 48.5 Å². The number of nitrogens with zero attached hydrogens (tertiary/aromatic N) is 3. The Morgan fingerprint density at radius 3 is 2.57 bits per heavy atom. The van der Waals surface area contributed by atoms with Crippen molar-refractivity contribution >= 4 is 10.9 Å². The van der Waals surface area contributed by atoms with Gasteiger partial charge in [-0.3, -0.25) is 14.8 Å². The van der Waals surface area contributed by atoms with E-state index in [2.05, 4.69) is 75.4 Å². The molecule has 4 aliphatic heterocycles. The summed E-state index contributed by atoms with van der Waals surface area (Å²) in [6.45, 7) is 4.79. The maximum Gasteiger partial charge on any atom is 0.0705 e.